The number of rotatable bonds is 6. The monoisotopic (exact) mass is 289 g/mol. The Balaban J connectivity index is 1.77. The summed E-state index contributed by atoms with van der Waals surface area (Å²) in [5.41, 5.74) is 1.46. The first-order chi connectivity index (χ1) is 10.0. The van der Waals surface area contributed by atoms with Gasteiger partial charge in [0, 0.05) is 23.8 Å². The van der Waals surface area contributed by atoms with E-state index in [1.807, 2.05) is 0 Å². The molecule has 0 radical (unpaired) electrons. The lowest BCUT2D eigenvalue weighted by atomic mass is 10.1. The highest BCUT2D eigenvalue weighted by Gasteiger charge is 2.23. The normalized spacial score (nSPS) is 13.9. The van der Waals surface area contributed by atoms with E-state index in [2.05, 4.69) is 29.8 Å². The maximum Gasteiger partial charge on any atom is 0.319 e. The predicted molar refractivity (Wildman–Crippen MR) is 84.3 cm³/mol. The topological polar surface area (TPSA) is 70.2 Å². The molecule has 0 spiro atoms. The number of hydrogen-bond donors (Lipinski definition) is 3. The van der Waals surface area contributed by atoms with Gasteiger partial charge >= 0.3 is 6.03 Å². The van der Waals surface area contributed by atoms with Crippen LogP contribution in [0.15, 0.2) is 24.3 Å². The van der Waals surface area contributed by atoms with Crippen molar-refractivity contribution in [3.8, 4) is 0 Å². The third-order valence-electron chi connectivity index (χ3n) is 3.29. The lowest BCUT2D eigenvalue weighted by molar-refractivity contribution is -0.116. The molecule has 0 saturated heterocycles. The minimum atomic E-state index is -0.175. The van der Waals surface area contributed by atoms with E-state index in [0.717, 1.165) is 24.9 Å². The SMILES string of the molecule is CC(C)CCC(=O)Nc1ccc(NC(=O)NC2CC2)cc1. The number of benzene rings is 1. The molecule has 0 aromatic heterocycles. The first-order valence-electron chi connectivity index (χ1n) is 7.50. The van der Waals surface area contributed by atoms with Crippen LogP contribution in [0.25, 0.3) is 0 Å². The second-order valence-electron chi connectivity index (χ2n) is 5.93. The fraction of sp³-hybridized carbons (Fsp3) is 0.500. The summed E-state index contributed by atoms with van der Waals surface area (Å²) in [6.07, 6.45) is 3.54. The number of hydrogen-bond acceptors (Lipinski definition) is 2. The molecule has 3 N–H and O–H groups in total. The molecule has 1 aliphatic carbocycles. The van der Waals surface area contributed by atoms with E-state index in [4.69, 9.17) is 0 Å². The summed E-state index contributed by atoms with van der Waals surface area (Å²) < 4.78 is 0. The lowest BCUT2D eigenvalue weighted by Gasteiger charge is -2.09. The lowest BCUT2D eigenvalue weighted by Crippen LogP contribution is -2.30. The van der Waals surface area contributed by atoms with Crippen LogP contribution in [0.1, 0.15) is 39.5 Å². The van der Waals surface area contributed by atoms with Gasteiger partial charge in [0.05, 0.1) is 0 Å². The van der Waals surface area contributed by atoms with Gasteiger partial charge in [-0.15, -0.1) is 0 Å². The van der Waals surface area contributed by atoms with Gasteiger partial charge in [-0.3, -0.25) is 4.79 Å². The van der Waals surface area contributed by atoms with E-state index in [1.165, 1.54) is 0 Å². The number of anilines is 2. The summed E-state index contributed by atoms with van der Waals surface area (Å²) in [6, 6.07) is 7.31. The molecule has 0 unspecified atom stereocenters. The first-order valence-corrected chi connectivity index (χ1v) is 7.50. The van der Waals surface area contributed by atoms with Crippen molar-refractivity contribution < 1.29 is 9.59 Å². The first kappa shape index (κ1) is 15.4. The Kier molecular flexibility index (Phi) is 5.20. The Morgan fingerprint density at radius 3 is 2.19 bits per heavy atom. The van der Waals surface area contributed by atoms with Crippen LogP contribution in [0.4, 0.5) is 16.2 Å². The number of nitrogens with one attached hydrogen (secondary N) is 3. The summed E-state index contributed by atoms with van der Waals surface area (Å²) in [4.78, 5) is 23.3. The van der Waals surface area contributed by atoms with Gasteiger partial charge in [0.25, 0.3) is 0 Å². The van der Waals surface area contributed by atoms with Crippen LogP contribution < -0.4 is 16.0 Å². The van der Waals surface area contributed by atoms with E-state index >= 15 is 0 Å². The summed E-state index contributed by atoms with van der Waals surface area (Å²) in [6.45, 7) is 4.20. The van der Waals surface area contributed by atoms with E-state index in [9.17, 15) is 9.59 Å². The van der Waals surface area contributed by atoms with E-state index in [-0.39, 0.29) is 11.9 Å². The smallest absolute Gasteiger partial charge is 0.319 e. The quantitative estimate of drug-likeness (QED) is 0.751. The molecule has 5 heteroatoms. The van der Waals surface area contributed by atoms with Crippen LogP contribution in [0, 0.1) is 5.92 Å². The highest BCUT2D eigenvalue weighted by atomic mass is 16.2. The third kappa shape index (κ3) is 5.85. The van der Waals surface area contributed by atoms with Crippen LogP contribution in [0.3, 0.4) is 0 Å². The van der Waals surface area contributed by atoms with Gasteiger partial charge < -0.3 is 16.0 Å². The molecule has 0 aliphatic heterocycles. The molecule has 0 heterocycles. The molecule has 1 fully saturated rings. The highest BCUT2D eigenvalue weighted by Crippen LogP contribution is 2.19. The van der Waals surface area contributed by atoms with Gasteiger partial charge in [0.2, 0.25) is 5.91 Å². The number of urea groups is 1. The van der Waals surface area contributed by atoms with E-state index in [1.54, 1.807) is 24.3 Å². The molecule has 114 valence electrons. The second kappa shape index (κ2) is 7.11. The molecule has 5 nitrogen and oxygen atoms in total. The van der Waals surface area contributed by atoms with Crippen LogP contribution >= 0.6 is 0 Å². The molecule has 3 amide bonds. The van der Waals surface area contributed by atoms with Crippen molar-refractivity contribution in [1.82, 2.24) is 5.32 Å². The maximum atomic E-state index is 11.7. The fourth-order valence-electron chi connectivity index (χ4n) is 1.86. The summed E-state index contributed by atoms with van der Waals surface area (Å²) >= 11 is 0. The van der Waals surface area contributed by atoms with Crippen molar-refractivity contribution in [2.24, 2.45) is 5.92 Å². The summed E-state index contributed by atoms with van der Waals surface area (Å²) in [5.74, 6) is 0.545. The highest BCUT2D eigenvalue weighted by molar-refractivity contribution is 5.92. The Morgan fingerprint density at radius 1 is 1.10 bits per heavy atom. The Labute approximate surface area is 125 Å². The zero-order valence-electron chi connectivity index (χ0n) is 12.6. The third-order valence-corrected chi connectivity index (χ3v) is 3.29. The van der Waals surface area contributed by atoms with Crippen LogP contribution in [0.2, 0.25) is 0 Å². The Morgan fingerprint density at radius 2 is 1.67 bits per heavy atom. The summed E-state index contributed by atoms with van der Waals surface area (Å²) in [5, 5.41) is 8.48. The van der Waals surface area contributed by atoms with Crippen molar-refractivity contribution in [3.05, 3.63) is 24.3 Å². The number of carbonyl (C=O) groups is 2. The predicted octanol–water partition coefficient (Wildman–Crippen LogP) is 3.35. The van der Waals surface area contributed by atoms with Gasteiger partial charge in [-0.2, -0.15) is 0 Å². The number of carbonyl (C=O) groups excluding carboxylic acids is 2. The molecule has 1 saturated carbocycles. The average Bonchev–Trinajstić information content (AvgIpc) is 3.22. The molecule has 2 rings (SSSR count). The van der Waals surface area contributed by atoms with Gasteiger partial charge in [-0.05, 0) is 49.4 Å². The summed E-state index contributed by atoms with van der Waals surface area (Å²) in [7, 11) is 0. The van der Waals surface area contributed by atoms with Crippen molar-refractivity contribution in [2.75, 3.05) is 10.6 Å². The van der Waals surface area contributed by atoms with E-state index < -0.39 is 0 Å². The minimum Gasteiger partial charge on any atom is -0.335 e. The maximum absolute atomic E-state index is 11.7. The van der Waals surface area contributed by atoms with Crippen LogP contribution in [0.5, 0.6) is 0 Å². The molecule has 1 aromatic rings. The largest absolute Gasteiger partial charge is 0.335 e. The molecular weight excluding hydrogens is 266 g/mol. The van der Waals surface area contributed by atoms with Gasteiger partial charge in [-0.25, -0.2) is 4.79 Å². The van der Waals surface area contributed by atoms with Crippen molar-refractivity contribution in [1.29, 1.82) is 0 Å². The van der Waals surface area contributed by atoms with Crippen molar-refractivity contribution >= 4 is 23.3 Å². The molecule has 0 atom stereocenters. The fourth-order valence-corrected chi connectivity index (χ4v) is 1.86. The van der Waals surface area contributed by atoms with Gasteiger partial charge in [-0.1, -0.05) is 13.8 Å². The molecule has 1 aromatic carbocycles. The zero-order valence-corrected chi connectivity index (χ0v) is 12.6. The van der Waals surface area contributed by atoms with Crippen molar-refractivity contribution in [3.63, 3.8) is 0 Å². The van der Waals surface area contributed by atoms with Crippen molar-refractivity contribution in [2.45, 2.75) is 45.6 Å². The number of amides is 3. The molecule has 1 aliphatic rings. The molecule has 0 bridgehead atoms. The average molecular weight is 289 g/mol. The van der Waals surface area contributed by atoms with Gasteiger partial charge in [0.1, 0.15) is 0 Å². The van der Waals surface area contributed by atoms with Crippen LogP contribution in [-0.2, 0) is 4.79 Å². The Bertz CT molecular complexity index is 493. The Hall–Kier alpha value is -2.04. The van der Waals surface area contributed by atoms with E-state index in [0.29, 0.717) is 24.1 Å². The standard InChI is InChI=1S/C16H23N3O2/c1-11(2)3-10-15(20)17-12-4-6-13(7-5-12)18-16(21)19-14-8-9-14/h4-7,11,14H,3,8-10H2,1-2H3,(H,17,20)(H2,18,19,21). The minimum absolute atomic E-state index is 0.0240. The van der Waals surface area contributed by atoms with Crippen LogP contribution in [-0.4, -0.2) is 18.0 Å². The second-order valence-corrected chi connectivity index (χ2v) is 5.93. The van der Waals surface area contributed by atoms with Gasteiger partial charge in [0.15, 0.2) is 0 Å². The zero-order chi connectivity index (χ0) is 15.2. The molecule has 21 heavy (non-hydrogen) atoms. The molecular formula is C16H23N3O2.